The molecule has 2 heterocycles. The van der Waals surface area contributed by atoms with Crippen LogP contribution >= 0.6 is 23.5 Å². The first-order valence-corrected chi connectivity index (χ1v) is 14.4. The van der Waals surface area contributed by atoms with E-state index in [4.69, 9.17) is 4.42 Å². The molecule has 0 aliphatic carbocycles. The number of H-pyrrole nitrogens is 1. The summed E-state index contributed by atoms with van der Waals surface area (Å²) in [5, 5.41) is 3.87. The first-order valence-electron chi connectivity index (χ1n) is 10.6. The number of aromatic amines is 1. The molecule has 0 amide bonds. The van der Waals surface area contributed by atoms with Crippen molar-refractivity contribution in [2.24, 2.45) is 4.99 Å². The van der Waals surface area contributed by atoms with Gasteiger partial charge in [0.05, 0.1) is 23.1 Å². The number of hydrogen-bond donors (Lipinski definition) is 2. The van der Waals surface area contributed by atoms with Gasteiger partial charge in [0.2, 0.25) is 0 Å². The van der Waals surface area contributed by atoms with Crippen LogP contribution in [0.3, 0.4) is 0 Å². The molecule has 0 radical (unpaired) electrons. The second kappa shape index (κ2) is 12.9. The summed E-state index contributed by atoms with van der Waals surface area (Å²) in [5.74, 6) is 2.76. The fourth-order valence-electron chi connectivity index (χ4n) is 2.85. The molecule has 0 aliphatic heterocycles. The molecular formula is C22H29N5O3S3. The van der Waals surface area contributed by atoms with Gasteiger partial charge >= 0.3 is 0 Å². The smallest absolute Gasteiger partial charge is 0.255 e. The Morgan fingerprint density at radius 2 is 2.00 bits per heavy atom. The van der Waals surface area contributed by atoms with E-state index in [0.717, 1.165) is 40.6 Å². The second-order valence-corrected chi connectivity index (χ2v) is 11.5. The third kappa shape index (κ3) is 8.56. The van der Waals surface area contributed by atoms with Gasteiger partial charge in [0.15, 0.2) is 9.84 Å². The topological polar surface area (TPSA) is 113 Å². The molecule has 0 aliphatic rings. The molecule has 1 aromatic carbocycles. The number of imidazole rings is 1. The van der Waals surface area contributed by atoms with E-state index in [1.165, 1.54) is 11.8 Å². The zero-order valence-electron chi connectivity index (χ0n) is 18.8. The number of aryl methyl sites for hydroxylation is 2. The van der Waals surface area contributed by atoms with E-state index in [0.29, 0.717) is 29.0 Å². The SMILES string of the molecule is Cc1ccc(S(=O)(=O)CC(=NCCCSc2ncco2)NCCSCc2nc[nH]c2C)cc1. The summed E-state index contributed by atoms with van der Waals surface area (Å²) in [7, 11) is -3.48. The van der Waals surface area contributed by atoms with Crippen molar-refractivity contribution in [1.29, 1.82) is 0 Å². The zero-order chi connectivity index (χ0) is 23.5. The van der Waals surface area contributed by atoms with Crippen LogP contribution in [-0.4, -0.2) is 59.6 Å². The quantitative estimate of drug-likeness (QED) is 0.155. The summed E-state index contributed by atoms with van der Waals surface area (Å²) in [6.07, 6.45) is 5.65. The van der Waals surface area contributed by atoms with E-state index in [2.05, 4.69) is 25.3 Å². The Balaban J connectivity index is 1.53. The summed E-state index contributed by atoms with van der Waals surface area (Å²) in [6.45, 7) is 5.09. The maximum atomic E-state index is 12.9. The van der Waals surface area contributed by atoms with E-state index < -0.39 is 9.84 Å². The van der Waals surface area contributed by atoms with E-state index in [-0.39, 0.29) is 5.75 Å². The monoisotopic (exact) mass is 507 g/mol. The second-order valence-electron chi connectivity index (χ2n) is 7.35. The van der Waals surface area contributed by atoms with Crippen LogP contribution in [0.25, 0.3) is 0 Å². The van der Waals surface area contributed by atoms with Crippen molar-refractivity contribution >= 4 is 39.2 Å². The van der Waals surface area contributed by atoms with Crippen LogP contribution in [0, 0.1) is 13.8 Å². The molecule has 0 saturated carbocycles. The molecule has 0 atom stereocenters. The first kappa shape index (κ1) is 25.4. The third-order valence-electron chi connectivity index (χ3n) is 4.70. The fraction of sp³-hybridized carbons (Fsp3) is 0.409. The number of aromatic nitrogens is 3. The van der Waals surface area contributed by atoms with Gasteiger partial charge in [-0.15, -0.1) is 0 Å². The lowest BCUT2D eigenvalue weighted by molar-refractivity contribution is 0.454. The number of rotatable bonds is 13. The molecule has 0 bridgehead atoms. The molecule has 2 N–H and O–H groups in total. The lowest BCUT2D eigenvalue weighted by Crippen LogP contribution is -2.32. The molecule has 0 spiro atoms. The highest BCUT2D eigenvalue weighted by molar-refractivity contribution is 7.99. The van der Waals surface area contributed by atoms with Gasteiger partial charge < -0.3 is 14.7 Å². The Labute approximate surface area is 203 Å². The fourth-order valence-corrected chi connectivity index (χ4v) is 5.70. The van der Waals surface area contributed by atoms with Gasteiger partial charge in [-0.25, -0.2) is 18.4 Å². The molecule has 3 rings (SSSR count). The van der Waals surface area contributed by atoms with Gasteiger partial charge in [-0.1, -0.05) is 29.5 Å². The van der Waals surface area contributed by atoms with Gasteiger partial charge in [0, 0.05) is 36.0 Å². The van der Waals surface area contributed by atoms with Crippen LogP contribution in [0.2, 0.25) is 0 Å². The molecule has 0 unspecified atom stereocenters. The highest BCUT2D eigenvalue weighted by Gasteiger charge is 2.18. The van der Waals surface area contributed by atoms with Gasteiger partial charge in [-0.2, -0.15) is 11.8 Å². The predicted octanol–water partition coefficient (Wildman–Crippen LogP) is 3.89. The number of nitrogens with zero attached hydrogens (tertiary/aromatic N) is 3. The van der Waals surface area contributed by atoms with Gasteiger partial charge in [0.25, 0.3) is 5.22 Å². The normalized spacial score (nSPS) is 12.2. The molecule has 3 aromatic rings. The van der Waals surface area contributed by atoms with Crippen molar-refractivity contribution in [3.63, 3.8) is 0 Å². The first-order chi connectivity index (χ1) is 15.9. The van der Waals surface area contributed by atoms with Gasteiger partial charge in [-0.05, 0) is 32.4 Å². The van der Waals surface area contributed by atoms with E-state index >= 15 is 0 Å². The molecule has 0 saturated heterocycles. The van der Waals surface area contributed by atoms with Crippen LogP contribution in [0.4, 0.5) is 0 Å². The van der Waals surface area contributed by atoms with Crippen molar-refractivity contribution < 1.29 is 12.8 Å². The third-order valence-corrected chi connectivity index (χ3v) is 8.25. The molecule has 11 heteroatoms. The predicted molar refractivity (Wildman–Crippen MR) is 135 cm³/mol. The highest BCUT2D eigenvalue weighted by atomic mass is 32.2. The number of nitrogens with one attached hydrogen (secondary N) is 2. The summed E-state index contributed by atoms with van der Waals surface area (Å²) < 4.78 is 31.0. The van der Waals surface area contributed by atoms with Crippen molar-refractivity contribution in [3.8, 4) is 0 Å². The lowest BCUT2D eigenvalue weighted by atomic mass is 10.2. The molecule has 178 valence electrons. The van der Waals surface area contributed by atoms with Gasteiger partial charge in [-0.3, -0.25) is 4.99 Å². The zero-order valence-corrected chi connectivity index (χ0v) is 21.2. The Morgan fingerprint density at radius 1 is 1.18 bits per heavy atom. The van der Waals surface area contributed by atoms with Crippen LogP contribution in [0.1, 0.15) is 23.4 Å². The molecule has 8 nitrogen and oxygen atoms in total. The summed E-state index contributed by atoms with van der Waals surface area (Å²) >= 11 is 3.26. The van der Waals surface area contributed by atoms with Crippen LogP contribution in [-0.2, 0) is 15.6 Å². The van der Waals surface area contributed by atoms with Crippen molar-refractivity contribution in [2.75, 3.05) is 30.3 Å². The Bertz CT molecular complexity index is 1110. The molecule has 0 fully saturated rings. The van der Waals surface area contributed by atoms with E-state index in [9.17, 15) is 8.42 Å². The Morgan fingerprint density at radius 3 is 2.70 bits per heavy atom. The largest absolute Gasteiger partial charge is 0.440 e. The average Bonchev–Trinajstić information content (AvgIpc) is 3.45. The van der Waals surface area contributed by atoms with Crippen LogP contribution in [0.5, 0.6) is 0 Å². The number of aliphatic imine (C=N–C) groups is 1. The van der Waals surface area contributed by atoms with Crippen LogP contribution in [0.15, 0.2) is 62.6 Å². The minimum absolute atomic E-state index is 0.147. The highest BCUT2D eigenvalue weighted by Crippen LogP contribution is 2.16. The summed E-state index contributed by atoms with van der Waals surface area (Å²) in [4.78, 5) is 16.3. The van der Waals surface area contributed by atoms with E-state index in [1.54, 1.807) is 42.7 Å². The van der Waals surface area contributed by atoms with Crippen LogP contribution < -0.4 is 5.32 Å². The van der Waals surface area contributed by atoms with Crippen molar-refractivity contribution in [2.45, 2.75) is 36.1 Å². The summed E-state index contributed by atoms with van der Waals surface area (Å²) in [6, 6.07) is 6.92. The van der Waals surface area contributed by atoms with Crippen molar-refractivity contribution in [1.82, 2.24) is 20.3 Å². The lowest BCUT2D eigenvalue weighted by Gasteiger charge is -2.11. The number of hydrogen-bond acceptors (Lipinski definition) is 8. The number of sulfone groups is 1. The Hall–Kier alpha value is -2.24. The molecule has 33 heavy (non-hydrogen) atoms. The molecular weight excluding hydrogens is 478 g/mol. The van der Waals surface area contributed by atoms with E-state index in [1.807, 2.05) is 26.0 Å². The minimum atomic E-state index is -3.48. The number of oxazole rings is 1. The maximum absolute atomic E-state index is 12.9. The molecule has 2 aromatic heterocycles. The standard InChI is InChI=1S/C22H29N5O3S3/c1-17-4-6-19(7-5-17)33(28,29)15-21(23-8-3-12-32-22-25-9-11-30-22)24-10-13-31-14-20-18(2)26-16-27-20/h4-7,9,11,16H,3,8,10,12-15H2,1-2H3,(H,23,24)(H,26,27). The maximum Gasteiger partial charge on any atom is 0.255 e. The number of benzene rings is 1. The number of thioether (sulfide) groups is 2. The summed E-state index contributed by atoms with van der Waals surface area (Å²) in [5.41, 5.74) is 3.14. The Kier molecular flexibility index (Phi) is 9.89. The average molecular weight is 508 g/mol. The van der Waals surface area contributed by atoms with Crippen molar-refractivity contribution in [3.05, 3.63) is 60.0 Å². The van der Waals surface area contributed by atoms with Gasteiger partial charge in [0.1, 0.15) is 17.9 Å². The minimum Gasteiger partial charge on any atom is -0.440 e. The number of amidine groups is 1.